The number of thioether (sulfide) groups is 1. The van der Waals surface area contributed by atoms with Crippen LogP contribution in [-0.4, -0.2) is 51.3 Å². The Morgan fingerprint density at radius 2 is 1.93 bits per heavy atom. The molecule has 28 heavy (non-hydrogen) atoms. The van der Waals surface area contributed by atoms with Gasteiger partial charge in [-0.15, -0.1) is 0 Å². The van der Waals surface area contributed by atoms with E-state index >= 15 is 0 Å². The fraction of sp³-hybridized carbons (Fsp3) is 0.476. The Hall–Kier alpha value is -1.73. The van der Waals surface area contributed by atoms with E-state index in [0.29, 0.717) is 13.0 Å². The summed E-state index contributed by atoms with van der Waals surface area (Å²) in [5.41, 5.74) is 1.35. The van der Waals surface area contributed by atoms with Gasteiger partial charge in [-0.1, -0.05) is 42.5 Å². The second-order valence-corrected chi connectivity index (χ2v) is 10.3. The minimum Gasteiger partial charge on any atom is -0.357 e. The lowest BCUT2D eigenvalue weighted by Crippen LogP contribution is -2.43. The number of nitrogens with one attached hydrogen (secondary N) is 2. The third kappa shape index (κ3) is 8.10. The summed E-state index contributed by atoms with van der Waals surface area (Å²) in [4.78, 5) is 4.62. The summed E-state index contributed by atoms with van der Waals surface area (Å²) < 4.78 is 22.6. The second kappa shape index (κ2) is 11.3. The van der Waals surface area contributed by atoms with Crippen molar-refractivity contribution in [3.8, 4) is 0 Å². The molecule has 1 unspecified atom stereocenters. The highest BCUT2D eigenvalue weighted by Crippen LogP contribution is 2.22. The molecular weight excluding hydrogens is 390 g/mol. The van der Waals surface area contributed by atoms with Gasteiger partial charge in [0.1, 0.15) is 9.84 Å². The maximum atomic E-state index is 11.3. The van der Waals surface area contributed by atoms with Crippen molar-refractivity contribution < 1.29 is 8.42 Å². The minimum absolute atomic E-state index is 0.0517. The van der Waals surface area contributed by atoms with Crippen molar-refractivity contribution in [3.05, 3.63) is 48.0 Å². The van der Waals surface area contributed by atoms with E-state index in [1.807, 2.05) is 25.6 Å². The Bertz CT molecular complexity index is 877. The topological polar surface area (TPSA) is 70.6 Å². The van der Waals surface area contributed by atoms with Crippen LogP contribution in [0.4, 0.5) is 0 Å². The molecule has 2 aromatic rings. The Kier molecular flexibility index (Phi) is 9.12. The third-order valence-electron chi connectivity index (χ3n) is 4.29. The zero-order valence-corrected chi connectivity index (χ0v) is 18.6. The van der Waals surface area contributed by atoms with Crippen LogP contribution in [0.1, 0.15) is 25.8 Å². The average Bonchev–Trinajstić information content (AvgIpc) is 2.66. The van der Waals surface area contributed by atoms with Gasteiger partial charge in [-0.25, -0.2) is 8.42 Å². The van der Waals surface area contributed by atoms with Crippen LogP contribution in [0.3, 0.4) is 0 Å². The SMILES string of the molecule is CCNC(=NCCSCc1cccc2ccccc12)NC(C)CCS(C)(=O)=O. The second-order valence-electron chi connectivity index (χ2n) is 6.92. The van der Waals surface area contributed by atoms with Gasteiger partial charge in [0.2, 0.25) is 0 Å². The zero-order valence-electron chi connectivity index (χ0n) is 16.9. The van der Waals surface area contributed by atoms with Gasteiger partial charge in [-0.2, -0.15) is 11.8 Å². The number of sulfone groups is 1. The summed E-state index contributed by atoms with van der Waals surface area (Å²) in [5.74, 6) is 2.82. The Balaban J connectivity index is 1.81. The smallest absolute Gasteiger partial charge is 0.191 e. The molecule has 0 radical (unpaired) electrons. The van der Waals surface area contributed by atoms with Gasteiger partial charge in [0.25, 0.3) is 0 Å². The Morgan fingerprint density at radius 3 is 2.68 bits per heavy atom. The first-order valence-corrected chi connectivity index (χ1v) is 12.9. The van der Waals surface area contributed by atoms with Gasteiger partial charge in [0, 0.05) is 30.3 Å². The van der Waals surface area contributed by atoms with Gasteiger partial charge in [-0.3, -0.25) is 4.99 Å². The van der Waals surface area contributed by atoms with Crippen molar-refractivity contribution in [2.75, 3.05) is 30.9 Å². The molecule has 0 amide bonds. The van der Waals surface area contributed by atoms with Gasteiger partial charge < -0.3 is 10.6 Å². The maximum Gasteiger partial charge on any atom is 0.191 e. The van der Waals surface area contributed by atoms with Crippen molar-refractivity contribution in [2.24, 2.45) is 4.99 Å². The summed E-state index contributed by atoms with van der Waals surface area (Å²) >= 11 is 1.87. The fourth-order valence-corrected chi connectivity index (χ4v) is 4.46. The van der Waals surface area contributed by atoms with E-state index in [9.17, 15) is 8.42 Å². The van der Waals surface area contributed by atoms with Gasteiger partial charge in [0.05, 0.1) is 12.3 Å². The largest absolute Gasteiger partial charge is 0.357 e. The molecule has 5 nitrogen and oxygen atoms in total. The quantitative estimate of drug-likeness (QED) is 0.349. The van der Waals surface area contributed by atoms with E-state index in [1.165, 1.54) is 22.6 Å². The molecule has 0 saturated heterocycles. The average molecular weight is 422 g/mol. The highest BCUT2D eigenvalue weighted by molar-refractivity contribution is 7.98. The number of hydrogen-bond donors (Lipinski definition) is 2. The molecule has 2 aromatic carbocycles. The van der Waals surface area contributed by atoms with Crippen LogP contribution in [0.5, 0.6) is 0 Å². The molecule has 154 valence electrons. The molecule has 0 bridgehead atoms. The van der Waals surface area contributed by atoms with Crippen LogP contribution in [0, 0.1) is 0 Å². The summed E-state index contributed by atoms with van der Waals surface area (Å²) in [7, 11) is -2.94. The van der Waals surface area contributed by atoms with E-state index in [0.717, 1.165) is 24.0 Å². The first-order chi connectivity index (χ1) is 13.4. The fourth-order valence-electron chi connectivity index (χ4n) is 2.84. The molecule has 2 rings (SSSR count). The monoisotopic (exact) mass is 421 g/mol. The standard InChI is InChI=1S/C21H31N3O2S2/c1-4-22-21(24-17(2)12-15-28(3,25)26)23-13-14-27-16-19-10-7-9-18-8-5-6-11-20(18)19/h5-11,17H,4,12-16H2,1-3H3,(H2,22,23,24). The summed E-state index contributed by atoms with van der Waals surface area (Å²) in [6.45, 7) is 5.48. The number of aliphatic imine (C=N–C) groups is 1. The van der Waals surface area contributed by atoms with E-state index in [4.69, 9.17) is 0 Å². The summed E-state index contributed by atoms with van der Waals surface area (Å²) in [6, 6.07) is 15.0. The molecule has 0 heterocycles. The van der Waals surface area contributed by atoms with Crippen molar-refractivity contribution in [3.63, 3.8) is 0 Å². The van der Waals surface area contributed by atoms with E-state index in [2.05, 4.69) is 58.1 Å². The summed E-state index contributed by atoms with van der Waals surface area (Å²) in [5, 5.41) is 9.11. The molecule has 0 spiro atoms. The number of nitrogens with zero attached hydrogens (tertiary/aromatic N) is 1. The van der Waals surface area contributed by atoms with Crippen molar-refractivity contribution in [1.82, 2.24) is 10.6 Å². The highest BCUT2D eigenvalue weighted by atomic mass is 32.2. The lowest BCUT2D eigenvalue weighted by atomic mass is 10.1. The maximum absolute atomic E-state index is 11.3. The molecule has 0 aliphatic rings. The predicted octanol–water partition coefficient (Wildman–Crippen LogP) is 3.45. The van der Waals surface area contributed by atoms with Crippen LogP contribution >= 0.6 is 11.8 Å². The number of benzene rings is 2. The third-order valence-corrected chi connectivity index (χ3v) is 6.26. The van der Waals surface area contributed by atoms with Crippen LogP contribution in [0.2, 0.25) is 0 Å². The highest BCUT2D eigenvalue weighted by Gasteiger charge is 2.09. The van der Waals surface area contributed by atoms with Crippen LogP contribution in [0.15, 0.2) is 47.5 Å². The first kappa shape index (κ1) is 22.6. The number of rotatable bonds is 10. The number of fused-ring (bicyclic) bond motifs is 1. The van der Waals surface area contributed by atoms with E-state index < -0.39 is 9.84 Å². The normalized spacial score (nSPS) is 13.5. The van der Waals surface area contributed by atoms with Crippen LogP contribution < -0.4 is 10.6 Å². The molecule has 0 aliphatic heterocycles. The Morgan fingerprint density at radius 1 is 1.18 bits per heavy atom. The molecule has 2 N–H and O–H groups in total. The van der Waals surface area contributed by atoms with E-state index in [-0.39, 0.29) is 11.8 Å². The molecule has 7 heteroatoms. The number of guanidine groups is 1. The van der Waals surface area contributed by atoms with Crippen molar-refractivity contribution in [2.45, 2.75) is 32.1 Å². The van der Waals surface area contributed by atoms with Crippen molar-refractivity contribution >= 4 is 38.3 Å². The first-order valence-electron chi connectivity index (χ1n) is 9.66. The van der Waals surface area contributed by atoms with Crippen LogP contribution in [-0.2, 0) is 15.6 Å². The van der Waals surface area contributed by atoms with E-state index in [1.54, 1.807) is 0 Å². The zero-order chi connectivity index (χ0) is 20.4. The lowest BCUT2D eigenvalue weighted by Gasteiger charge is -2.17. The number of hydrogen-bond acceptors (Lipinski definition) is 4. The van der Waals surface area contributed by atoms with Gasteiger partial charge in [-0.05, 0) is 36.6 Å². The van der Waals surface area contributed by atoms with Gasteiger partial charge in [0.15, 0.2) is 5.96 Å². The van der Waals surface area contributed by atoms with Crippen molar-refractivity contribution in [1.29, 1.82) is 0 Å². The Labute approximate surface area is 173 Å². The molecule has 0 aromatic heterocycles. The minimum atomic E-state index is -2.94. The summed E-state index contributed by atoms with van der Waals surface area (Å²) in [6.07, 6.45) is 1.84. The molecule has 0 aliphatic carbocycles. The molecular formula is C21H31N3O2S2. The molecule has 0 saturated carbocycles. The predicted molar refractivity (Wildman–Crippen MR) is 123 cm³/mol. The van der Waals surface area contributed by atoms with Gasteiger partial charge >= 0.3 is 0 Å². The molecule has 1 atom stereocenters. The van der Waals surface area contributed by atoms with Crippen LogP contribution in [0.25, 0.3) is 10.8 Å². The lowest BCUT2D eigenvalue weighted by molar-refractivity contribution is 0.581. The molecule has 0 fully saturated rings.